The van der Waals surface area contributed by atoms with Gasteiger partial charge in [0.05, 0.1) is 24.1 Å². The van der Waals surface area contributed by atoms with Crippen LogP contribution in [0.4, 0.5) is 9.52 Å². The molecule has 0 aliphatic carbocycles. The summed E-state index contributed by atoms with van der Waals surface area (Å²) in [6, 6.07) is 9.82. The molecule has 29 heavy (non-hydrogen) atoms. The van der Waals surface area contributed by atoms with Crippen LogP contribution >= 0.6 is 11.3 Å². The van der Waals surface area contributed by atoms with Crippen LogP contribution in [-0.4, -0.2) is 18.0 Å². The fourth-order valence-electron chi connectivity index (χ4n) is 3.60. The highest BCUT2D eigenvalue weighted by Crippen LogP contribution is 2.42. The van der Waals surface area contributed by atoms with E-state index in [2.05, 4.69) is 4.98 Å². The van der Waals surface area contributed by atoms with Gasteiger partial charge in [-0.15, -0.1) is 11.3 Å². The summed E-state index contributed by atoms with van der Waals surface area (Å²) in [6.45, 7) is 0. The van der Waals surface area contributed by atoms with Gasteiger partial charge in [0.2, 0.25) is 5.76 Å². The summed E-state index contributed by atoms with van der Waals surface area (Å²) in [4.78, 5) is 32.2. The Bertz CT molecular complexity index is 1320. The van der Waals surface area contributed by atoms with Crippen molar-refractivity contribution >= 4 is 33.3 Å². The third kappa shape index (κ3) is 2.64. The van der Waals surface area contributed by atoms with Crippen LogP contribution < -0.4 is 15.1 Å². The molecule has 0 saturated carbocycles. The van der Waals surface area contributed by atoms with E-state index >= 15 is 0 Å². The average molecular weight is 408 g/mol. The van der Waals surface area contributed by atoms with Crippen molar-refractivity contribution in [1.82, 2.24) is 4.98 Å². The molecule has 0 fully saturated rings. The smallest absolute Gasteiger partial charge is 0.297 e. The van der Waals surface area contributed by atoms with Gasteiger partial charge in [-0.25, -0.2) is 9.37 Å². The van der Waals surface area contributed by atoms with E-state index in [0.717, 1.165) is 0 Å². The third-order valence-electron chi connectivity index (χ3n) is 4.87. The lowest BCUT2D eigenvalue weighted by molar-refractivity contribution is 0.0971. The molecule has 3 heterocycles. The number of ether oxygens (including phenoxy) is 1. The van der Waals surface area contributed by atoms with Crippen LogP contribution in [0.2, 0.25) is 0 Å². The minimum absolute atomic E-state index is 0.0692. The Hall–Kier alpha value is -3.52. The summed E-state index contributed by atoms with van der Waals surface area (Å²) in [5.74, 6) is -0.520. The Morgan fingerprint density at radius 3 is 2.79 bits per heavy atom. The molecule has 1 aliphatic heterocycles. The number of thiazole rings is 1. The maximum Gasteiger partial charge on any atom is 0.297 e. The predicted octanol–water partition coefficient (Wildman–Crippen LogP) is 4.15. The van der Waals surface area contributed by atoms with E-state index in [0.29, 0.717) is 21.8 Å². The molecular formula is C21H13FN2O4S. The summed E-state index contributed by atoms with van der Waals surface area (Å²) in [7, 11) is 1.50. The van der Waals surface area contributed by atoms with Crippen molar-refractivity contribution in [1.29, 1.82) is 0 Å². The largest absolute Gasteiger partial charge is 0.497 e. The van der Waals surface area contributed by atoms with Crippen molar-refractivity contribution in [2.45, 2.75) is 6.04 Å². The van der Waals surface area contributed by atoms with Gasteiger partial charge in [0.25, 0.3) is 5.91 Å². The van der Waals surface area contributed by atoms with Crippen molar-refractivity contribution in [3.05, 3.63) is 87.0 Å². The standard InChI is InChI=1S/C21H13FN2O4S/c1-27-13-5-6-14-15(10-13)28-19-16(18(14)25)17(11-3-2-4-12(22)9-11)24(20(19)26)21-23-7-8-29-21/h2-10,17H,1H3/t17-/m0/s1. The first-order valence-electron chi connectivity index (χ1n) is 8.71. The van der Waals surface area contributed by atoms with Crippen molar-refractivity contribution in [3.63, 3.8) is 0 Å². The van der Waals surface area contributed by atoms with Gasteiger partial charge in [-0.2, -0.15) is 0 Å². The van der Waals surface area contributed by atoms with E-state index in [9.17, 15) is 14.0 Å². The maximum absolute atomic E-state index is 14.0. The van der Waals surface area contributed by atoms with Gasteiger partial charge in [0.1, 0.15) is 17.1 Å². The minimum Gasteiger partial charge on any atom is -0.497 e. The van der Waals surface area contributed by atoms with Gasteiger partial charge < -0.3 is 9.15 Å². The van der Waals surface area contributed by atoms with E-state index in [1.807, 2.05) is 0 Å². The molecule has 1 atom stereocenters. The van der Waals surface area contributed by atoms with E-state index in [4.69, 9.17) is 9.15 Å². The zero-order chi connectivity index (χ0) is 20.1. The molecular weight excluding hydrogens is 395 g/mol. The summed E-state index contributed by atoms with van der Waals surface area (Å²) in [5, 5.41) is 2.45. The van der Waals surface area contributed by atoms with Gasteiger partial charge in [-0.05, 0) is 29.8 Å². The number of rotatable bonds is 3. The van der Waals surface area contributed by atoms with E-state index in [1.165, 1.54) is 35.5 Å². The molecule has 0 saturated heterocycles. The molecule has 1 aliphatic rings. The first-order valence-corrected chi connectivity index (χ1v) is 9.59. The highest BCUT2D eigenvalue weighted by molar-refractivity contribution is 7.13. The zero-order valence-electron chi connectivity index (χ0n) is 15.1. The Kier molecular flexibility index (Phi) is 3.95. The second-order valence-corrected chi connectivity index (χ2v) is 7.36. The van der Waals surface area contributed by atoms with Gasteiger partial charge in [-0.1, -0.05) is 12.1 Å². The second-order valence-electron chi connectivity index (χ2n) is 6.48. The lowest BCUT2D eigenvalue weighted by Crippen LogP contribution is -2.29. The van der Waals surface area contributed by atoms with Gasteiger partial charge in [0.15, 0.2) is 10.6 Å². The van der Waals surface area contributed by atoms with Crippen molar-refractivity contribution < 1.29 is 18.3 Å². The number of aromatic nitrogens is 1. The maximum atomic E-state index is 14.0. The van der Waals surface area contributed by atoms with Gasteiger partial charge >= 0.3 is 0 Å². The molecule has 6 nitrogen and oxygen atoms in total. The summed E-state index contributed by atoms with van der Waals surface area (Å²) in [6.07, 6.45) is 1.56. The molecule has 2 aromatic carbocycles. The Morgan fingerprint density at radius 1 is 1.21 bits per heavy atom. The SMILES string of the molecule is COc1ccc2c(=O)c3c(oc2c1)C(=O)N(c1nccs1)[C@H]3c1cccc(F)c1. The van der Waals surface area contributed by atoms with Crippen LogP contribution in [0.15, 0.2) is 63.3 Å². The summed E-state index contributed by atoms with van der Waals surface area (Å²) < 4.78 is 25.0. The molecule has 0 unspecified atom stereocenters. The Balaban J connectivity index is 1.82. The summed E-state index contributed by atoms with van der Waals surface area (Å²) in [5.41, 5.74) is 0.548. The topological polar surface area (TPSA) is 72.6 Å². The van der Waals surface area contributed by atoms with Crippen molar-refractivity contribution in [3.8, 4) is 5.75 Å². The number of carbonyl (C=O) groups is 1. The van der Waals surface area contributed by atoms with Crippen LogP contribution in [-0.2, 0) is 0 Å². The zero-order valence-corrected chi connectivity index (χ0v) is 15.9. The molecule has 0 N–H and O–H groups in total. The lowest BCUT2D eigenvalue weighted by Gasteiger charge is -2.22. The number of fused-ring (bicyclic) bond motifs is 2. The van der Waals surface area contributed by atoms with Crippen LogP contribution in [0.1, 0.15) is 27.7 Å². The number of hydrogen-bond acceptors (Lipinski definition) is 6. The number of hydrogen-bond donors (Lipinski definition) is 0. The number of nitrogens with zero attached hydrogens (tertiary/aromatic N) is 2. The van der Waals surface area contributed by atoms with Crippen molar-refractivity contribution in [2.75, 3.05) is 12.0 Å². The molecule has 144 valence electrons. The number of halogens is 1. The molecule has 4 aromatic rings. The molecule has 0 radical (unpaired) electrons. The van der Waals surface area contributed by atoms with Crippen LogP contribution in [0.25, 0.3) is 11.0 Å². The van der Waals surface area contributed by atoms with Crippen molar-refractivity contribution in [2.24, 2.45) is 0 Å². The quantitative estimate of drug-likeness (QED) is 0.509. The monoisotopic (exact) mass is 408 g/mol. The normalized spacial score (nSPS) is 15.7. The third-order valence-corrected chi connectivity index (χ3v) is 5.64. The first-order chi connectivity index (χ1) is 14.1. The molecule has 2 aromatic heterocycles. The minimum atomic E-state index is -0.831. The van der Waals surface area contributed by atoms with Crippen LogP contribution in [0.3, 0.4) is 0 Å². The Labute approximate surface area is 167 Å². The highest BCUT2D eigenvalue weighted by Gasteiger charge is 2.44. The number of anilines is 1. The Morgan fingerprint density at radius 2 is 2.07 bits per heavy atom. The van der Waals surface area contributed by atoms with Gasteiger partial charge in [-0.3, -0.25) is 14.5 Å². The molecule has 0 spiro atoms. The molecule has 5 rings (SSSR count). The fourth-order valence-corrected chi connectivity index (χ4v) is 4.27. The van der Waals surface area contributed by atoms with Crippen LogP contribution in [0, 0.1) is 5.82 Å². The van der Waals surface area contributed by atoms with Gasteiger partial charge in [0, 0.05) is 17.6 Å². The van der Waals surface area contributed by atoms with E-state index in [-0.39, 0.29) is 22.3 Å². The molecule has 0 bridgehead atoms. The van der Waals surface area contributed by atoms with E-state index in [1.54, 1.807) is 41.9 Å². The fraction of sp³-hybridized carbons (Fsp3) is 0.0952. The predicted molar refractivity (Wildman–Crippen MR) is 106 cm³/mol. The average Bonchev–Trinajstić information content (AvgIpc) is 3.34. The van der Waals surface area contributed by atoms with E-state index < -0.39 is 17.8 Å². The number of amides is 1. The number of carbonyl (C=O) groups excluding carboxylic acids is 1. The van der Waals surface area contributed by atoms with Crippen LogP contribution in [0.5, 0.6) is 5.75 Å². The first kappa shape index (κ1) is 17.6. The number of benzene rings is 2. The summed E-state index contributed by atoms with van der Waals surface area (Å²) >= 11 is 1.25. The second kappa shape index (κ2) is 6.52. The molecule has 1 amide bonds. The number of methoxy groups -OCH3 is 1. The lowest BCUT2D eigenvalue weighted by atomic mass is 9.98. The molecule has 8 heteroatoms. The highest BCUT2D eigenvalue weighted by atomic mass is 32.1.